The maximum absolute atomic E-state index is 10.1. The number of nitrogens with zero attached hydrogens (tertiary/aromatic N) is 1. The van der Waals surface area contributed by atoms with E-state index in [4.69, 9.17) is 5.73 Å². The van der Waals surface area contributed by atoms with Gasteiger partial charge in [-0.05, 0) is 0 Å². The first-order valence-electron chi connectivity index (χ1n) is 3.14. The monoisotopic (exact) mass is 225 g/mol. The van der Waals surface area contributed by atoms with E-state index in [1.54, 1.807) is 0 Å². The summed E-state index contributed by atoms with van der Waals surface area (Å²) in [5.74, 6) is 0. The number of amides is 1. The SMILES string of the molecule is C[N+](C)(C)CCOC(N)=O.Cl.[Ca+2].[H-].[H-]. The molecular formula is C6H18CaClN2O2+. The zero-order chi connectivity index (χ0) is 8.20. The second-order valence-electron chi connectivity index (χ2n) is 3.18. The van der Waals surface area contributed by atoms with Crippen LogP contribution in [-0.4, -0.2) is 82.6 Å². The van der Waals surface area contributed by atoms with Crippen molar-refractivity contribution in [3.8, 4) is 0 Å². The summed E-state index contributed by atoms with van der Waals surface area (Å²) in [6.45, 7) is 1.17. The fourth-order valence-electron chi connectivity index (χ4n) is 0.420. The Balaban J connectivity index is -0.0000000675. The minimum absolute atomic E-state index is 0. The van der Waals surface area contributed by atoms with Crippen LogP contribution in [0.5, 0.6) is 0 Å². The molecule has 0 aromatic rings. The Morgan fingerprint density at radius 2 is 1.92 bits per heavy atom. The van der Waals surface area contributed by atoms with Crippen LogP contribution >= 0.6 is 12.4 Å². The summed E-state index contributed by atoms with van der Waals surface area (Å²) < 4.78 is 5.31. The number of rotatable bonds is 3. The topological polar surface area (TPSA) is 52.3 Å². The zero-order valence-electron chi connectivity index (χ0n) is 9.87. The van der Waals surface area contributed by atoms with Crippen LogP contribution in [0.3, 0.4) is 0 Å². The molecule has 0 aliphatic rings. The van der Waals surface area contributed by atoms with Gasteiger partial charge in [-0.2, -0.15) is 0 Å². The maximum atomic E-state index is 10.1. The van der Waals surface area contributed by atoms with Gasteiger partial charge in [0.2, 0.25) is 0 Å². The molecule has 72 valence electrons. The first-order valence-corrected chi connectivity index (χ1v) is 3.14. The smallest absolute Gasteiger partial charge is 1.00 e. The molecule has 0 atom stereocenters. The van der Waals surface area contributed by atoms with E-state index in [0.717, 1.165) is 11.0 Å². The van der Waals surface area contributed by atoms with Crippen molar-refractivity contribution in [1.82, 2.24) is 0 Å². The molecule has 0 aromatic carbocycles. The number of ether oxygens (including phenoxy) is 1. The number of quaternary nitrogens is 1. The zero-order valence-corrected chi connectivity index (χ0v) is 10.9. The van der Waals surface area contributed by atoms with Crippen molar-refractivity contribution in [1.29, 1.82) is 0 Å². The number of primary amides is 1. The average Bonchev–Trinajstić information content (AvgIpc) is 1.59. The molecular weight excluding hydrogens is 208 g/mol. The Labute approximate surface area is 112 Å². The fourth-order valence-corrected chi connectivity index (χ4v) is 0.420. The van der Waals surface area contributed by atoms with Gasteiger partial charge in [-0.1, -0.05) is 0 Å². The van der Waals surface area contributed by atoms with Crippen molar-refractivity contribution in [2.45, 2.75) is 0 Å². The summed E-state index contributed by atoms with van der Waals surface area (Å²) >= 11 is 0. The van der Waals surface area contributed by atoms with Crippen LogP contribution < -0.4 is 5.73 Å². The van der Waals surface area contributed by atoms with E-state index in [2.05, 4.69) is 4.74 Å². The summed E-state index contributed by atoms with van der Waals surface area (Å²) in [5, 5.41) is 0. The van der Waals surface area contributed by atoms with E-state index in [-0.39, 0.29) is 53.0 Å². The van der Waals surface area contributed by atoms with Gasteiger partial charge in [0, 0.05) is 0 Å². The summed E-state index contributed by atoms with van der Waals surface area (Å²) in [4.78, 5) is 10.1. The Kier molecular flexibility index (Phi) is 12.9. The first-order chi connectivity index (χ1) is 4.42. The number of hydrogen-bond acceptors (Lipinski definition) is 2. The molecule has 0 spiro atoms. The third kappa shape index (κ3) is 17.0. The second kappa shape index (κ2) is 8.38. The van der Waals surface area contributed by atoms with E-state index in [1.165, 1.54) is 0 Å². The fraction of sp³-hybridized carbons (Fsp3) is 0.833. The molecule has 2 N–H and O–H groups in total. The van der Waals surface area contributed by atoms with Crippen LogP contribution in [0.15, 0.2) is 0 Å². The van der Waals surface area contributed by atoms with Crippen LogP contribution in [0, 0.1) is 0 Å². The van der Waals surface area contributed by atoms with Crippen LogP contribution in [0.1, 0.15) is 2.85 Å². The van der Waals surface area contributed by atoms with E-state index in [1.807, 2.05) is 21.1 Å². The molecule has 4 nitrogen and oxygen atoms in total. The van der Waals surface area contributed by atoms with Gasteiger partial charge >= 0.3 is 43.8 Å². The first kappa shape index (κ1) is 18.5. The molecule has 0 bridgehead atoms. The van der Waals surface area contributed by atoms with Gasteiger partial charge in [-0.25, -0.2) is 4.79 Å². The largest absolute Gasteiger partial charge is 2.00 e. The van der Waals surface area contributed by atoms with Crippen LogP contribution in [0.4, 0.5) is 4.79 Å². The van der Waals surface area contributed by atoms with Gasteiger partial charge in [-0.15, -0.1) is 12.4 Å². The number of halogens is 1. The molecule has 0 aromatic heterocycles. The molecule has 0 saturated carbocycles. The summed E-state index contributed by atoms with van der Waals surface area (Å²) in [6.07, 6.45) is -0.701. The number of nitrogens with two attached hydrogens (primary N) is 1. The Hall–Kier alpha value is 0.780. The van der Waals surface area contributed by atoms with Crippen molar-refractivity contribution in [2.24, 2.45) is 5.73 Å². The van der Waals surface area contributed by atoms with E-state index in [9.17, 15) is 4.79 Å². The van der Waals surface area contributed by atoms with Crippen LogP contribution in [0.25, 0.3) is 0 Å². The predicted molar refractivity (Wildman–Crippen MR) is 53.7 cm³/mol. The Morgan fingerprint density at radius 1 is 1.50 bits per heavy atom. The van der Waals surface area contributed by atoms with Crippen molar-refractivity contribution in [3.05, 3.63) is 0 Å². The number of carbonyl (C=O) groups is 1. The van der Waals surface area contributed by atoms with Gasteiger partial charge in [-0.3, -0.25) is 0 Å². The quantitative estimate of drug-likeness (QED) is 0.545. The number of carbonyl (C=O) groups excluding carboxylic acids is 1. The van der Waals surface area contributed by atoms with Gasteiger partial charge in [0.05, 0.1) is 21.1 Å². The third-order valence-corrected chi connectivity index (χ3v) is 1.01. The standard InChI is InChI=1S/C6H14N2O2.Ca.ClH.2H/c1-8(2,3)4-5-10-6(7)9;;;;/h4-5H2,1-3H3,(H-,7,9);;1H;;/q;+2;;2*-1/p+1. The molecule has 6 heteroatoms. The van der Waals surface area contributed by atoms with Crippen molar-refractivity contribution in [2.75, 3.05) is 34.3 Å². The molecule has 0 fully saturated rings. The predicted octanol–water partition coefficient (Wildman–Crippen LogP) is 0.0539. The number of likely N-dealkylation sites (N-methyl/N-ethyl adjacent to an activating group) is 1. The summed E-state index contributed by atoms with van der Waals surface area (Å²) in [6, 6.07) is 0. The average molecular weight is 226 g/mol. The third-order valence-electron chi connectivity index (χ3n) is 1.01. The van der Waals surface area contributed by atoms with E-state index >= 15 is 0 Å². The summed E-state index contributed by atoms with van der Waals surface area (Å²) in [5.41, 5.74) is 4.75. The van der Waals surface area contributed by atoms with Crippen molar-refractivity contribution in [3.63, 3.8) is 0 Å². The Morgan fingerprint density at radius 3 is 2.17 bits per heavy atom. The van der Waals surface area contributed by atoms with Crippen LogP contribution in [0.2, 0.25) is 0 Å². The molecule has 0 aliphatic carbocycles. The van der Waals surface area contributed by atoms with Gasteiger partial charge in [0.25, 0.3) is 0 Å². The Bertz CT molecular complexity index is 135. The summed E-state index contributed by atoms with van der Waals surface area (Å²) in [7, 11) is 6.05. The van der Waals surface area contributed by atoms with Gasteiger partial charge in [0.15, 0.2) is 0 Å². The van der Waals surface area contributed by atoms with Crippen LogP contribution in [-0.2, 0) is 4.74 Å². The second-order valence-corrected chi connectivity index (χ2v) is 3.18. The minimum Gasteiger partial charge on any atom is -1.00 e. The maximum Gasteiger partial charge on any atom is 2.00 e. The van der Waals surface area contributed by atoms with E-state index in [0.29, 0.717) is 6.61 Å². The molecule has 0 aliphatic heterocycles. The molecule has 0 rings (SSSR count). The molecule has 0 radical (unpaired) electrons. The molecule has 0 saturated heterocycles. The molecule has 12 heavy (non-hydrogen) atoms. The van der Waals surface area contributed by atoms with Gasteiger partial charge < -0.3 is 17.8 Å². The normalized spacial score (nSPS) is 9.25. The van der Waals surface area contributed by atoms with Crippen molar-refractivity contribution < 1.29 is 16.9 Å². The minimum atomic E-state index is -0.701. The van der Waals surface area contributed by atoms with Crippen molar-refractivity contribution >= 4 is 56.2 Å². The molecule has 0 heterocycles. The number of hydrogen-bond donors (Lipinski definition) is 1. The van der Waals surface area contributed by atoms with E-state index < -0.39 is 6.09 Å². The molecule has 1 amide bonds. The molecule has 0 unspecified atom stereocenters. The van der Waals surface area contributed by atoms with Gasteiger partial charge in [0.1, 0.15) is 13.2 Å².